The third-order valence-electron chi connectivity index (χ3n) is 4.87. The zero-order chi connectivity index (χ0) is 23.4. The van der Waals surface area contributed by atoms with Crippen LogP contribution in [0.2, 0.25) is 0 Å². The van der Waals surface area contributed by atoms with E-state index in [-0.39, 0.29) is 12.5 Å². The summed E-state index contributed by atoms with van der Waals surface area (Å²) in [6.07, 6.45) is -3.39. The molecular formula is C20H23F3N2O6S. The van der Waals surface area contributed by atoms with Gasteiger partial charge in [-0.25, -0.2) is 4.79 Å². The fourth-order valence-electron chi connectivity index (χ4n) is 3.41. The highest BCUT2D eigenvalue weighted by Gasteiger charge is 2.43. The highest BCUT2D eigenvalue weighted by atomic mass is 32.1. The number of carbonyl (C=O) groups is 2. The molecule has 1 N–H and O–H groups in total. The van der Waals surface area contributed by atoms with Gasteiger partial charge in [0.15, 0.2) is 0 Å². The van der Waals surface area contributed by atoms with Gasteiger partial charge in [-0.15, -0.1) is 11.3 Å². The summed E-state index contributed by atoms with van der Waals surface area (Å²) in [6, 6.07) is 7.93. The fraction of sp³-hybridized carbons (Fsp3) is 0.500. The normalized spacial score (nSPS) is 22.4. The van der Waals surface area contributed by atoms with E-state index in [9.17, 15) is 18.0 Å². The molecule has 0 radical (unpaired) electrons. The lowest BCUT2D eigenvalue weighted by molar-refractivity contribution is -0.192. The van der Waals surface area contributed by atoms with Crippen molar-refractivity contribution in [2.45, 2.75) is 25.2 Å². The molecule has 1 unspecified atom stereocenters. The van der Waals surface area contributed by atoms with E-state index in [4.69, 9.17) is 23.8 Å². The van der Waals surface area contributed by atoms with E-state index in [1.807, 2.05) is 29.2 Å². The number of ether oxygens (including phenoxy) is 2. The molecule has 1 amide bonds. The van der Waals surface area contributed by atoms with Crippen LogP contribution in [-0.2, 0) is 25.6 Å². The number of alkyl halides is 3. The second-order valence-corrected chi connectivity index (χ2v) is 8.75. The first-order valence-corrected chi connectivity index (χ1v) is 10.5. The van der Waals surface area contributed by atoms with Gasteiger partial charge in [0, 0.05) is 18.0 Å². The summed E-state index contributed by atoms with van der Waals surface area (Å²) in [5.41, 5.74) is -0.505. The maximum Gasteiger partial charge on any atom is 0.490 e. The maximum atomic E-state index is 12.4. The average Bonchev–Trinajstić information content (AvgIpc) is 3.34. The first-order chi connectivity index (χ1) is 15.1. The van der Waals surface area contributed by atoms with Crippen LogP contribution in [0, 0.1) is 6.92 Å². The van der Waals surface area contributed by atoms with Crippen LogP contribution in [0.25, 0.3) is 0 Å². The number of aryl methyl sites for hydroxylation is 1. The van der Waals surface area contributed by atoms with E-state index in [1.165, 1.54) is 4.88 Å². The van der Waals surface area contributed by atoms with Crippen molar-refractivity contribution in [3.63, 3.8) is 0 Å². The molecule has 4 heterocycles. The van der Waals surface area contributed by atoms with Crippen LogP contribution in [-0.4, -0.2) is 73.1 Å². The van der Waals surface area contributed by atoms with Gasteiger partial charge in [-0.1, -0.05) is 0 Å². The molecule has 2 aliphatic rings. The Hall–Kier alpha value is -2.41. The maximum absolute atomic E-state index is 12.4. The van der Waals surface area contributed by atoms with Crippen LogP contribution in [0.3, 0.4) is 0 Å². The number of furan rings is 1. The Morgan fingerprint density at radius 3 is 2.62 bits per heavy atom. The van der Waals surface area contributed by atoms with E-state index >= 15 is 0 Å². The van der Waals surface area contributed by atoms with Crippen molar-refractivity contribution >= 4 is 28.2 Å². The first-order valence-electron chi connectivity index (χ1n) is 9.71. The third-order valence-corrected chi connectivity index (χ3v) is 5.90. The van der Waals surface area contributed by atoms with Gasteiger partial charge < -0.3 is 19.0 Å². The molecule has 1 spiro atoms. The number of hydrogen-bond donors (Lipinski definition) is 1. The van der Waals surface area contributed by atoms with Crippen LogP contribution in [0.15, 0.2) is 34.9 Å². The lowest BCUT2D eigenvalue weighted by Crippen LogP contribution is -2.60. The van der Waals surface area contributed by atoms with Gasteiger partial charge >= 0.3 is 12.1 Å². The summed E-state index contributed by atoms with van der Waals surface area (Å²) in [5.74, 6) is -1.82. The van der Waals surface area contributed by atoms with Gasteiger partial charge in [0.1, 0.15) is 18.0 Å². The SMILES string of the molecule is Cc1ccc(N2CC3(COCCN(Cc4ccco4)C3)OCC2=O)s1.O=C(O)C(F)(F)F. The molecule has 32 heavy (non-hydrogen) atoms. The van der Waals surface area contributed by atoms with Crippen molar-refractivity contribution in [2.75, 3.05) is 44.4 Å². The fourth-order valence-corrected chi connectivity index (χ4v) is 4.29. The molecule has 0 aliphatic carbocycles. The predicted octanol–water partition coefficient (Wildman–Crippen LogP) is 2.92. The van der Waals surface area contributed by atoms with E-state index < -0.39 is 17.7 Å². The first kappa shape index (κ1) is 24.2. The second kappa shape index (κ2) is 10.0. The summed E-state index contributed by atoms with van der Waals surface area (Å²) in [7, 11) is 0. The predicted molar refractivity (Wildman–Crippen MR) is 109 cm³/mol. The van der Waals surface area contributed by atoms with Crippen LogP contribution in [0.5, 0.6) is 0 Å². The molecule has 4 rings (SSSR count). The number of rotatable bonds is 3. The zero-order valence-electron chi connectivity index (χ0n) is 17.3. The molecule has 8 nitrogen and oxygen atoms in total. The molecule has 2 aromatic rings. The molecule has 176 valence electrons. The molecule has 2 saturated heterocycles. The lowest BCUT2D eigenvalue weighted by Gasteiger charge is -2.42. The summed E-state index contributed by atoms with van der Waals surface area (Å²) < 4.78 is 49.1. The van der Waals surface area contributed by atoms with Crippen molar-refractivity contribution in [1.82, 2.24) is 4.90 Å². The van der Waals surface area contributed by atoms with E-state index in [0.717, 1.165) is 17.3 Å². The monoisotopic (exact) mass is 476 g/mol. The highest BCUT2D eigenvalue weighted by Crippen LogP contribution is 2.32. The van der Waals surface area contributed by atoms with Crippen LogP contribution in [0.1, 0.15) is 10.6 Å². The van der Waals surface area contributed by atoms with Crippen LogP contribution >= 0.6 is 11.3 Å². The van der Waals surface area contributed by atoms with Gasteiger partial charge in [0.2, 0.25) is 0 Å². The number of carbonyl (C=O) groups excluding carboxylic acids is 1. The third kappa shape index (κ3) is 6.31. The van der Waals surface area contributed by atoms with Crippen molar-refractivity contribution in [3.05, 3.63) is 41.2 Å². The Morgan fingerprint density at radius 2 is 2.03 bits per heavy atom. The molecular weight excluding hydrogens is 453 g/mol. The Morgan fingerprint density at radius 1 is 1.28 bits per heavy atom. The van der Waals surface area contributed by atoms with Crippen molar-refractivity contribution in [3.8, 4) is 0 Å². The summed E-state index contributed by atoms with van der Waals surface area (Å²) in [6.45, 7) is 6.05. The van der Waals surface area contributed by atoms with Crippen LogP contribution in [0.4, 0.5) is 18.2 Å². The Bertz CT molecular complexity index is 917. The number of halogens is 3. The second-order valence-electron chi connectivity index (χ2n) is 7.48. The minimum absolute atomic E-state index is 0.00862. The number of morpholine rings is 1. The quantitative estimate of drug-likeness (QED) is 0.728. The highest BCUT2D eigenvalue weighted by molar-refractivity contribution is 7.16. The molecule has 2 aliphatic heterocycles. The number of amides is 1. The minimum Gasteiger partial charge on any atom is -0.475 e. The molecule has 12 heteroatoms. The van der Waals surface area contributed by atoms with E-state index in [0.29, 0.717) is 32.8 Å². The van der Waals surface area contributed by atoms with E-state index in [2.05, 4.69) is 11.8 Å². The summed E-state index contributed by atoms with van der Waals surface area (Å²) in [4.78, 5) is 26.6. The smallest absolute Gasteiger partial charge is 0.475 e. The number of aliphatic carboxylic acids is 1. The van der Waals surface area contributed by atoms with E-state index in [1.54, 1.807) is 17.6 Å². The Kier molecular flexibility index (Phi) is 7.59. The number of carboxylic acids is 1. The molecule has 2 aromatic heterocycles. The van der Waals surface area contributed by atoms with Crippen molar-refractivity contribution in [2.24, 2.45) is 0 Å². The summed E-state index contributed by atoms with van der Waals surface area (Å²) in [5, 5.41) is 8.10. The zero-order valence-corrected chi connectivity index (χ0v) is 18.1. The van der Waals surface area contributed by atoms with Crippen LogP contribution < -0.4 is 4.90 Å². The summed E-state index contributed by atoms with van der Waals surface area (Å²) >= 11 is 1.64. The molecule has 0 bridgehead atoms. The topological polar surface area (TPSA) is 92.5 Å². The minimum atomic E-state index is -5.08. The van der Waals surface area contributed by atoms with Gasteiger partial charge in [-0.05, 0) is 31.2 Å². The molecule has 2 fully saturated rings. The number of thiophene rings is 1. The van der Waals surface area contributed by atoms with Crippen molar-refractivity contribution < 1.29 is 41.8 Å². The largest absolute Gasteiger partial charge is 0.490 e. The number of anilines is 1. The average molecular weight is 476 g/mol. The number of nitrogens with zero attached hydrogens (tertiary/aromatic N) is 2. The Labute approximate surface area is 186 Å². The Balaban J connectivity index is 0.000000360. The van der Waals surface area contributed by atoms with Crippen molar-refractivity contribution in [1.29, 1.82) is 0 Å². The van der Waals surface area contributed by atoms with Gasteiger partial charge in [0.25, 0.3) is 5.91 Å². The number of carboxylic acid groups (broad SMARTS) is 1. The lowest BCUT2D eigenvalue weighted by atomic mass is 10.0. The van der Waals surface area contributed by atoms with Gasteiger partial charge in [-0.2, -0.15) is 13.2 Å². The molecule has 0 aromatic carbocycles. The molecule has 0 saturated carbocycles. The molecule has 1 atom stereocenters. The van der Waals surface area contributed by atoms with Gasteiger partial charge in [0.05, 0.1) is 37.6 Å². The van der Waals surface area contributed by atoms with Gasteiger partial charge in [-0.3, -0.25) is 14.6 Å². The number of hydrogen-bond acceptors (Lipinski definition) is 7. The standard InChI is InChI=1S/C18H22N2O4S.C2HF3O2/c1-14-4-5-17(25-14)20-12-18(24-10-16(20)21)11-19(6-8-22-13-18)9-15-3-2-7-23-15;3-2(4,5)1(6)7/h2-5,7H,6,8-13H2,1H3;(H,6,7).